The van der Waals surface area contributed by atoms with Gasteiger partial charge in [-0.25, -0.2) is 4.79 Å². The zero-order valence-corrected chi connectivity index (χ0v) is 9.83. The molecule has 1 N–H and O–H groups in total. The summed E-state index contributed by atoms with van der Waals surface area (Å²) in [7, 11) is 0. The van der Waals surface area contributed by atoms with Crippen LogP contribution >= 0.6 is 0 Å². The zero-order valence-electron chi connectivity index (χ0n) is 9.83. The molecule has 1 aliphatic heterocycles. The van der Waals surface area contributed by atoms with Crippen LogP contribution in [0.2, 0.25) is 0 Å². The van der Waals surface area contributed by atoms with Gasteiger partial charge >= 0.3 is 5.97 Å². The van der Waals surface area contributed by atoms with Gasteiger partial charge in [0.2, 0.25) is 0 Å². The molecule has 2 atom stereocenters. The van der Waals surface area contributed by atoms with Crippen LogP contribution in [0, 0.1) is 10.1 Å². The predicted octanol–water partition coefficient (Wildman–Crippen LogP) is 1.20. The number of nitro groups is 1. The molecule has 0 aliphatic carbocycles. The molecular weight excluding hydrogens is 238 g/mol. The van der Waals surface area contributed by atoms with E-state index in [4.69, 9.17) is 4.74 Å². The van der Waals surface area contributed by atoms with Crippen molar-refractivity contribution in [2.24, 2.45) is 0 Å². The van der Waals surface area contributed by atoms with Gasteiger partial charge in [-0.2, -0.15) is 0 Å². The quantitative estimate of drug-likeness (QED) is 0.495. The van der Waals surface area contributed by atoms with Gasteiger partial charge in [0.15, 0.2) is 5.60 Å². The molecular formula is C12H13NO5. The molecule has 6 nitrogen and oxygen atoms in total. The summed E-state index contributed by atoms with van der Waals surface area (Å²) in [6.07, 6.45) is -0.323. The Morgan fingerprint density at radius 3 is 2.78 bits per heavy atom. The molecule has 2 rings (SSSR count). The third-order valence-electron chi connectivity index (χ3n) is 2.98. The highest BCUT2D eigenvalue weighted by Gasteiger charge is 2.47. The number of aliphatic hydroxyl groups is 1. The highest BCUT2D eigenvalue weighted by atomic mass is 16.6. The molecule has 1 aliphatic rings. The number of para-hydroxylation sites is 1. The summed E-state index contributed by atoms with van der Waals surface area (Å²) in [6, 6.07) is 6.06. The number of benzene rings is 1. The highest BCUT2D eigenvalue weighted by Crippen LogP contribution is 2.31. The van der Waals surface area contributed by atoms with Crippen LogP contribution in [0.3, 0.4) is 0 Å². The largest absolute Gasteiger partial charge is 0.460 e. The van der Waals surface area contributed by atoms with Crippen LogP contribution in [0.25, 0.3) is 0 Å². The molecule has 1 fully saturated rings. The van der Waals surface area contributed by atoms with E-state index in [1.165, 1.54) is 12.1 Å². The standard InChI is InChI=1S/C12H13NO5/c1-8-6-12(15,11(14)18-8)7-9-4-2-3-5-10(9)13(16)17/h2-5,8,15H,6-7H2,1H3/t8-,12-/m1/s1. The van der Waals surface area contributed by atoms with Crippen molar-refractivity contribution in [2.75, 3.05) is 0 Å². The molecule has 0 unspecified atom stereocenters. The number of carbonyl (C=O) groups excluding carboxylic acids is 1. The molecule has 1 aromatic rings. The summed E-state index contributed by atoms with van der Waals surface area (Å²) in [5, 5.41) is 21.0. The van der Waals surface area contributed by atoms with Gasteiger partial charge in [-0.1, -0.05) is 18.2 Å². The van der Waals surface area contributed by atoms with Crippen LogP contribution in [0.15, 0.2) is 24.3 Å². The van der Waals surface area contributed by atoms with Crippen LogP contribution < -0.4 is 0 Å². The minimum Gasteiger partial charge on any atom is -0.460 e. The number of carbonyl (C=O) groups is 1. The van der Waals surface area contributed by atoms with Gasteiger partial charge < -0.3 is 9.84 Å². The molecule has 1 saturated heterocycles. The average Bonchev–Trinajstić information content (AvgIpc) is 2.52. The van der Waals surface area contributed by atoms with Crippen LogP contribution in [0.5, 0.6) is 0 Å². The number of ether oxygens (including phenoxy) is 1. The Morgan fingerprint density at radius 1 is 1.56 bits per heavy atom. The lowest BCUT2D eigenvalue weighted by Gasteiger charge is -2.17. The summed E-state index contributed by atoms with van der Waals surface area (Å²) in [6.45, 7) is 1.68. The average molecular weight is 251 g/mol. The molecule has 6 heteroatoms. The molecule has 0 aromatic heterocycles. The molecule has 0 saturated carbocycles. The number of cyclic esters (lactones) is 1. The molecule has 0 amide bonds. The lowest BCUT2D eigenvalue weighted by atomic mass is 9.91. The number of nitro benzene ring substituents is 1. The molecule has 96 valence electrons. The maximum atomic E-state index is 11.5. The number of rotatable bonds is 3. The monoisotopic (exact) mass is 251 g/mol. The zero-order chi connectivity index (χ0) is 13.3. The van der Waals surface area contributed by atoms with Crippen molar-refractivity contribution in [1.29, 1.82) is 0 Å². The van der Waals surface area contributed by atoms with E-state index in [1.807, 2.05) is 0 Å². The Balaban J connectivity index is 2.29. The predicted molar refractivity (Wildman–Crippen MR) is 61.9 cm³/mol. The second kappa shape index (κ2) is 4.38. The third-order valence-corrected chi connectivity index (χ3v) is 2.98. The summed E-state index contributed by atoms with van der Waals surface area (Å²) in [5.74, 6) is -0.715. The van der Waals surface area contributed by atoms with Gasteiger partial charge in [-0.05, 0) is 6.92 Å². The van der Waals surface area contributed by atoms with Crippen molar-refractivity contribution < 1.29 is 19.6 Å². The first kappa shape index (κ1) is 12.5. The Kier molecular flexibility index (Phi) is 3.04. The highest BCUT2D eigenvalue weighted by molar-refractivity contribution is 5.82. The van der Waals surface area contributed by atoms with Gasteiger partial charge in [0.05, 0.1) is 4.92 Å². The van der Waals surface area contributed by atoms with Crippen molar-refractivity contribution in [3.63, 3.8) is 0 Å². The van der Waals surface area contributed by atoms with Crippen LogP contribution in [-0.4, -0.2) is 27.7 Å². The fourth-order valence-electron chi connectivity index (χ4n) is 2.19. The summed E-state index contributed by atoms with van der Waals surface area (Å²) >= 11 is 0. The Labute approximate surface area is 103 Å². The smallest absolute Gasteiger partial charge is 0.338 e. The molecule has 1 heterocycles. The first-order valence-corrected chi connectivity index (χ1v) is 5.58. The van der Waals surface area contributed by atoms with E-state index < -0.39 is 16.5 Å². The SMILES string of the molecule is C[C@@H]1C[C@@](O)(Cc2ccccc2[N+](=O)[O-])C(=O)O1. The number of nitrogens with zero attached hydrogens (tertiary/aromatic N) is 1. The lowest BCUT2D eigenvalue weighted by molar-refractivity contribution is -0.385. The summed E-state index contributed by atoms with van der Waals surface area (Å²) < 4.78 is 4.89. The van der Waals surface area contributed by atoms with Gasteiger partial charge in [-0.3, -0.25) is 10.1 Å². The maximum Gasteiger partial charge on any atom is 0.338 e. The van der Waals surface area contributed by atoms with Crippen LogP contribution in [0.1, 0.15) is 18.9 Å². The van der Waals surface area contributed by atoms with Gasteiger partial charge in [-0.15, -0.1) is 0 Å². The van der Waals surface area contributed by atoms with Crippen molar-refractivity contribution in [3.05, 3.63) is 39.9 Å². The first-order valence-electron chi connectivity index (χ1n) is 5.58. The van der Waals surface area contributed by atoms with E-state index in [2.05, 4.69) is 0 Å². The Morgan fingerprint density at radius 2 is 2.22 bits per heavy atom. The lowest BCUT2D eigenvalue weighted by Crippen LogP contribution is -2.36. The van der Waals surface area contributed by atoms with Crippen molar-refractivity contribution >= 4 is 11.7 Å². The second-order valence-corrected chi connectivity index (χ2v) is 4.51. The topological polar surface area (TPSA) is 89.7 Å². The summed E-state index contributed by atoms with van der Waals surface area (Å²) in [4.78, 5) is 21.9. The summed E-state index contributed by atoms with van der Waals surface area (Å²) in [5.41, 5.74) is -1.43. The maximum absolute atomic E-state index is 11.5. The fraction of sp³-hybridized carbons (Fsp3) is 0.417. The minimum atomic E-state index is -1.66. The second-order valence-electron chi connectivity index (χ2n) is 4.51. The number of hydrogen-bond donors (Lipinski definition) is 1. The van der Waals surface area contributed by atoms with E-state index in [0.29, 0.717) is 5.56 Å². The number of hydrogen-bond acceptors (Lipinski definition) is 5. The Bertz CT molecular complexity index is 501. The molecule has 0 spiro atoms. The van der Waals surface area contributed by atoms with Gasteiger partial charge in [0.25, 0.3) is 5.69 Å². The molecule has 18 heavy (non-hydrogen) atoms. The van der Waals surface area contributed by atoms with E-state index in [-0.39, 0.29) is 24.6 Å². The normalized spacial score (nSPS) is 27.0. The van der Waals surface area contributed by atoms with Crippen LogP contribution in [-0.2, 0) is 16.0 Å². The molecule has 0 radical (unpaired) electrons. The van der Waals surface area contributed by atoms with Crippen LogP contribution in [0.4, 0.5) is 5.69 Å². The minimum absolute atomic E-state index is 0.0988. The molecule has 0 bridgehead atoms. The van der Waals surface area contributed by atoms with Gasteiger partial charge in [0, 0.05) is 24.5 Å². The van der Waals surface area contributed by atoms with E-state index in [0.717, 1.165) is 0 Å². The van der Waals surface area contributed by atoms with E-state index in [1.54, 1.807) is 19.1 Å². The van der Waals surface area contributed by atoms with Crippen molar-refractivity contribution in [3.8, 4) is 0 Å². The first-order chi connectivity index (χ1) is 8.42. The number of esters is 1. The molecule has 1 aromatic carbocycles. The van der Waals surface area contributed by atoms with E-state index >= 15 is 0 Å². The third kappa shape index (κ3) is 2.19. The Hall–Kier alpha value is -1.95. The van der Waals surface area contributed by atoms with E-state index in [9.17, 15) is 20.0 Å². The van der Waals surface area contributed by atoms with Crippen molar-refractivity contribution in [2.45, 2.75) is 31.5 Å². The van der Waals surface area contributed by atoms with Gasteiger partial charge in [0.1, 0.15) is 6.10 Å². The van der Waals surface area contributed by atoms with Crippen molar-refractivity contribution in [1.82, 2.24) is 0 Å². The fourth-order valence-corrected chi connectivity index (χ4v) is 2.19.